The van der Waals surface area contributed by atoms with Gasteiger partial charge in [0.2, 0.25) is 0 Å². The van der Waals surface area contributed by atoms with Crippen molar-refractivity contribution in [2.24, 2.45) is 0 Å². The average molecular weight is 291 g/mol. The quantitative estimate of drug-likeness (QED) is 0.616. The fourth-order valence-corrected chi connectivity index (χ4v) is 2.25. The zero-order chi connectivity index (χ0) is 16.0. The number of benzene rings is 1. The topological polar surface area (TPSA) is 88.2 Å². The Hall–Kier alpha value is -2.13. The largest absolute Gasteiger partial charge is 0.484 e. The molecule has 0 saturated heterocycles. The van der Waals surface area contributed by atoms with Crippen molar-refractivity contribution >= 4 is 5.69 Å². The van der Waals surface area contributed by atoms with Gasteiger partial charge in [0.05, 0.1) is 17.1 Å². The van der Waals surface area contributed by atoms with E-state index in [1.54, 1.807) is 32.9 Å². The molecular formula is C15H21N3O3. The summed E-state index contributed by atoms with van der Waals surface area (Å²) in [5.74, 6) is 0.231. The molecule has 1 rings (SSSR count). The fraction of sp³-hybridized carbons (Fsp3) is 0.533. The first-order valence-electron chi connectivity index (χ1n) is 6.89. The Bertz CT molecular complexity index is 554. The molecule has 0 aliphatic carbocycles. The summed E-state index contributed by atoms with van der Waals surface area (Å²) in [4.78, 5) is 10.6. The van der Waals surface area contributed by atoms with Crippen LogP contribution in [0.25, 0.3) is 0 Å². The Kier molecular flexibility index (Phi) is 5.68. The lowest BCUT2D eigenvalue weighted by atomic mass is 9.96. The van der Waals surface area contributed by atoms with Gasteiger partial charge in [-0.25, -0.2) is 0 Å². The zero-order valence-electron chi connectivity index (χ0n) is 12.8. The first-order valence-corrected chi connectivity index (χ1v) is 6.89. The van der Waals surface area contributed by atoms with Crippen molar-refractivity contribution < 1.29 is 9.66 Å². The van der Waals surface area contributed by atoms with Crippen molar-refractivity contribution in [1.82, 2.24) is 5.32 Å². The molecule has 0 spiro atoms. The van der Waals surface area contributed by atoms with E-state index in [1.165, 1.54) is 6.07 Å². The molecule has 0 amide bonds. The van der Waals surface area contributed by atoms with Gasteiger partial charge in [-0.3, -0.25) is 15.4 Å². The van der Waals surface area contributed by atoms with Gasteiger partial charge in [-0.1, -0.05) is 13.0 Å². The molecule has 0 saturated carbocycles. The SMILES string of the molecule is CCNC(C)(C#N)CC(C)Oc1ccc(C)cc1[N+](=O)[O-]. The lowest BCUT2D eigenvalue weighted by Gasteiger charge is -2.26. The number of aryl methyl sites for hydroxylation is 1. The number of rotatable bonds is 7. The van der Waals surface area contributed by atoms with Crippen molar-refractivity contribution in [3.63, 3.8) is 0 Å². The van der Waals surface area contributed by atoms with Crippen molar-refractivity contribution in [1.29, 1.82) is 5.26 Å². The van der Waals surface area contributed by atoms with E-state index in [4.69, 9.17) is 4.74 Å². The van der Waals surface area contributed by atoms with Crippen molar-refractivity contribution in [2.45, 2.75) is 45.8 Å². The van der Waals surface area contributed by atoms with Crippen LogP contribution >= 0.6 is 0 Å². The predicted molar refractivity (Wildman–Crippen MR) is 80.2 cm³/mol. The van der Waals surface area contributed by atoms with Crippen molar-refractivity contribution in [2.75, 3.05) is 6.54 Å². The second-order valence-electron chi connectivity index (χ2n) is 5.34. The number of nitrogens with zero attached hydrogens (tertiary/aromatic N) is 2. The van der Waals surface area contributed by atoms with Gasteiger partial charge in [0, 0.05) is 12.5 Å². The third kappa shape index (κ3) is 4.72. The summed E-state index contributed by atoms with van der Waals surface area (Å²) in [7, 11) is 0. The van der Waals surface area contributed by atoms with Crippen LogP contribution in [-0.2, 0) is 0 Å². The van der Waals surface area contributed by atoms with Crippen molar-refractivity contribution in [3.05, 3.63) is 33.9 Å². The lowest BCUT2D eigenvalue weighted by Crippen LogP contribution is -2.44. The van der Waals surface area contributed by atoms with Crippen LogP contribution in [-0.4, -0.2) is 23.1 Å². The molecule has 0 aliphatic heterocycles. The molecular weight excluding hydrogens is 270 g/mol. The van der Waals surface area contributed by atoms with Gasteiger partial charge >= 0.3 is 5.69 Å². The Labute approximate surface area is 124 Å². The van der Waals surface area contributed by atoms with E-state index in [9.17, 15) is 15.4 Å². The number of nitriles is 1. The molecule has 0 fully saturated rings. The first-order chi connectivity index (χ1) is 9.81. The minimum atomic E-state index is -0.715. The zero-order valence-corrected chi connectivity index (χ0v) is 12.8. The maximum atomic E-state index is 11.1. The third-order valence-corrected chi connectivity index (χ3v) is 3.15. The molecule has 2 unspecified atom stereocenters. The summed E-state index contributed by atoms with van der Waals surface area (Å²) in [5.41, 5.74) is 0.0355. The highest BCUT2D eigenvalue weighted by atomic mass is 16.6. The van der Waals surface area contributed by atoms with E-state index < -0.39 is 10.5 Å². The summed E-state index contributed by atoms with van der Waals surface area (Å²) >= 11 is 0. The van der Waals surface area contributed by atoms with Gasteiger partial charge in [0.15, 0.2) is 5.75 Å². The predicted octanol–water partition coefficient (Wildman–Crippen LogP) is 2.95. The van der Waals surface area contributed by atoms with E-state index in [0.717, 1.165) is 5.56 Å². The highest BCUT2D eigenvalue weighted by molar-refractivity contribution is 5.48. The van der Waals surface area contributed by atoms with E-state index in [2.05, 4.69) is 11.4 Å². The van der Waals surface area contributed by atoms with Gasteiger partial charge in [-0.15, -0.1) is 0 Å². The number of nitro groups is 1. The molecule has 1 aromatic rings. The standard InChI is InChI=1S/C15H21N3O3/c1-5-17-15(4,10-16)9-12(3)21-14-7-6-11(2)8-13(14)18(19)20/h6-8,12,17H,5,9H2,1-4H3. The molecule has 0 heterocycles. The van der Waals surface area contributed by atoms with E-state index in [-0.39, 0.29) is 17.5 Å². The van der Waals surface area contributed by atoms with Crippen LogP contribution in [0.5, 0.6) is 5.75 Å². The number of hydrogen-bond donors (Lipinski definition) is 1. The van der Waals surface area contributed by atoms with Crippen LogP contribution in [0.2, 0.25) is 0 Å². The molecule has 21 heavy (non-hydrogen) atoms. The minimum absolute atomic E-state index is 0.0519. The first kappa shape index (κ1) is 16.9. The van der Waals surface area contributed by atoms with Gasteiger partial charge in [0.25, 0.3) is 0 Å². The number of hydrogen-bond acceptors (Lipinski definition) is 5. The highest BCUT2D eigenvalue weighted by Gasteiger charge is 2.27. The second-order valence-corrected chi connectivity index (χ2v) is 5.34. The summed E-state index contributed by atoms with van der Waals surface area (Å²) < 4.78 is 5.67. The molecule has 0 aromatic heterocycles. The second kappa shape index (κ2) is 7.04. The van der Waals surface area contributed by atoms with Crippen LogP contribution in [0.4, 0.5) is 5.69 Å². The van der Waals surface area contributed by atoms with E-state index in [0.29, 0.717) is 13.0 Å². The molecule has 0 bridgehead atoms. The lowest BCUT2D eigenvalue weighted by molar-refractivity contribution is -0.386. The van der Waals surface area contributed by atoms with Gasteiger partial charge < -0.3 is 4.74 Å². The molecule has 2 atom stereocenters. The highest BCUT2D eigenvalue weighted by Crippen LogP contribution is 2.29. The average Bonchev–Trinajstić information content (AvgIpc) is 2.40. The van der Waals surface area contributed by atoms with E-state index in [1.807, 2.05) is 6.92 Å². The molecule has 6 nitrogen and oxygen atoms in total. The summed E-state index contributed by atoms with van der Waals surface area (Å²) in [6.07, 6.45) is 0.109. The monoisotopic (exact) mass is 291 g/mol. The smallest absolute Gasteiger partial charge is 0.311 e. The van der Waals surface area contributed by atoms with Crippen LogP contribution in [0, 0.1) is 28.4 Å². The van der Waals surface area contributed by atoms with Gasteiger partial charge in [-0.05, 0) is 38.9 Å². The maximum Gasteiger partial charge on any atom is 0.311 e. The fourth-order valence-electron chi connectivity index (χ4n) is 2.25. The number of ether oxygens (including phenoxy) is 1. The van der Waals surface area contributed by atoms with Gasteiger partial charge in [-0.2, -0.15) is 5.26 Å². The molecule has 0 aliphatic rings. The summed E-state index contributed by atoms with van der Waals surface area (Å²) in [6, 6.07) is 7.06. The molecule has 0 radical (unpaired) electrons. The molecule has 114 valence electrons. The third-order valence-electron chi connectivity index (χ3n) is 3.15. The maximum absolute atomic E-state index is 11.1. The van der Waals surface area contributed by atoms with Gasteiger partial charge in [0.1, 0.15) is 5.54 Å². The van der Waals surface area contributed by atoms with E-state index >= 15 is 0 Å². The molecule has 6 heteroatoms. The summed E-state index contributed by atoms with van der Waals surface area (Å²) in [5, 5.41) is 23.4. The van der Waals surface area contributed by atoms with Crippen molar-refractivity contribution in [3.8, 4) is 11.8 Å². The Morgan fingerprint density at radius 2 is 2.24 bits per heavy atom. The Morgan fingerprint density at radius 1 is 1.57 bits per heavy atom. The van der Waals surface area contributed by atoms with Crippen LogP contribution in [0.1, 0.15) is 32.8 Å². The summed E-state index contributed by atoms with van der Waals surface area (Å²) in [6.45, 7) is 7.97. The minimum Gasteiger partial charge on any atom is -0.484 e. The molecule has 1 aromatic carbocycles. The normalized spacial score (nSPS) is 14.8. The Morgan fingerprint density at radius 3 is 2.76 bits per heavy atom. The molecule has 1 N–H and O–H groups in total. The number of nitro benzene ring substituents is 1. The van der Waals surface area contributed by atoms with Crippen LogP contribution in [0.3, 0.4) is 0 Å². The number of nitrogens with one attached hydrogen (secondary N) is 1. The van der Waals surface area contributed by atoms with Crippen LogP contribution < -0.4 is 10.1 Å². The van der Waals surface area contributed by atoms with Crippen LogP contribution in [0.15, 0.2) is 18.2 Å². The Balaban J connectivity index is 2.87.